The smallest absolute Gasteiger partial charge is 0.327 e. The highest BCUT2D eigenvalue weighted by Gasteiger charge is 2.26. The first-order valence-corrected chi connectivity index (χ1v) is 11.3. The summed E-state index contributed by atoms with van der Waals surface area (Å²) in [5, 5.41) is 20.7. The second kappa shape index (κ2) is 9.52. The van der Waals surface area contributed by atoms with Crippen LogP contribution in [-0.2, 0) is 24.2 Å². The summed E-state index contributed by atoms with van der Waals surface area (Å²) in [5.41, 5.74) is 6.13. The van der Waals surface area contributed by atoms with Gasteiger partial charge in [-0.05, 0) is 66.0 Å². The van der Waals surface area contributed by atoms with Crippen molar-refractivity contribution in [3.8, 4) is 0 Å². The first-order chi connectivity index (χ1) is 15.8. The second-order valence-corrected chi connectivity index (χ2v) is 9.03. The molecule has 1 aromatic carbocycles. The third-order valence-electron chi connectivity index (χ3n) is 5.79. The molecule has 33 heavy (non-hydrogen) atoms. The van der Waals surface area contributed by atoms with E-state index in [0.29, 0.717) is 24.1 Å². The molecule has 0 atom stereocenters. The monoisotopic (exact) mass is 447 g/mol. The van der Waals surface area contributed by atoms with E-state index in [1.807, 2.05) is 12.1 Å². The molecule has 0 amide bonds. The molecule has 1 fully saturated rings. The average Bonchev–Trinajstić information content (AvgIpc) is 3.50. The van der Waals surface area contributed by atoms with Gasteiger partial charge < -0.3 is 10.1 Å². The van der Waals surface area contributed by atoms with Gasteiger partial charge in [-0.1, -0.05) is 44.2 Å². The molecule has 0 spiro atoms. The quantitative estimate of drug-likeness (QED) is 0.519. The van der Waals surface area contributed by atoms with Crippen LogP contribution in [0.3, 0.4) is 0 Å². The molecule has 0 unspecified atom stereocenters. The summed E-state index contributed by atoms with van der Waals surface area (Å²) < 4.78 is 0. The molecule has 0 saturated heterocycles. The lowest BCUT2D eigenvalue weighted by molar-refractivity contribution is -0.138. The standard InChI is InChI=1S/C25H29N5O3/c1-15(2)12-21(22-10-9-20(18-5-6-18)25(33)26-22)19-7-4-17(16(3)13-19)8-11-23-27-29-30(28-23)14-24(31)32/h4,7,9-10,12-13,15,18H,5-6,8,11,14H2,1-3H3,(H,26,33)(H,31,32)/b21-12+. The number of aliphatic carboxylic acids is 1. The van der Waals surface area contributed by atoms with Gasteiger partial charge in [-0.15, -0.1) is 10.2 Å². The number of carboxylic acids is 1. The number of aryl methyl sites for hydroxylation is 3. The number of rotatable bonds is 9. The number of tetrazole rings is 1. The number of hydrogen-bond acceptors (Lipinski definition) is 5. The van der Waals surface area contributed by atoms with Gasteiger partial charge in [0.05, 0.1) is 0 Å². The molecule has 2 heterocycles. The summed E-state index contributed by atoms with van der Waals surface area (Å²) in [6, 6.07) is 10.3. The van der Waals surface area contributed by atoms with Gasteiger partial charge in [0.15, 0.2) is 12.4 Å². The van der Waals surface area contributed by atoms with E-state index >= 15 is 0 Å². The summed E-state index contributed by atoms with van der Waals surface area (Å²) in [4.78, 5) is 27.6. The van der Waals surface area contributed by atoms with Crippen LogP contribution in [0, 0.1) is 12.8 Å². The number of pyridine rings is 1. The van der Waals surface area contributed by atoms with E-state index in [-0.39, 0.29) is 12.1 Å². The summed E-state index contributed by atoms with van der Waals surface area (Å²) in [6.45, 7) is 6.03. The van der Waals surface area contributed by atoms with Crippen molar-refractivity contribution in [3.05, 3.63) is 80.5 Å². The van der Waals surface area contributed by atoms with E-state index in [1.165, 1.54) is 0 Å². The van der Waals surface area contributed by atoms with Gasteiger partial charge in [0, 0.05) is 23.3 Å². The Bertz CT molecular complexity index is 1250. The number of hydrogen-bond donors (Lipinski definition) is 2. The minimum atomic E-state index is -1.00. The van der Waals surface area contributed by atoms with E-state index in [0.717, 1.165) is 57.6 Å². The fraction of sp³-hybridized carbons (Fsp3) is 0.400. The number of H-pyrrole nitrogens is 1. The van der Waals surface area contributed by atoms with Crippen LogP contribution < -0.4 is 5.56 Å². The predicted octanol–water partition coefficient (Wildman–Crippen LogP) is 3.50. The van der Waals surface area contributed by atoms with Crippen molar-refractivity contribution >= 4 is 11.5 Å². The van der Waals surface area contributed by atoms with Crippen LogP contribution in [0.4, 0.5) is 0 Å². The lowest BCUT2D eigenvalue weighted by atomic mass is 9.93. The van der Waals surface area contributed by atoms with Crippen LogP contribution in [0.25, 0.3) is 5.57 Å². The summed E-state index contributed by atoms with van der Waals surface area (Å²) in [7, 11) is 0. The van der Waals surface area contributed by atoms with E-state index < -0.39 is 5.97 Å². The topological polar surface area (TPSA) is 114 Å². The largest absolute Gasteiger partial charge is 0.480 e. The van der Waals surface area contributed by atoms with E-state index in [1.54, 1.807) is 0 Å². The third-order valence-corrected chi connectivity index (χ3v) is 5.79. The molecule has 8 heteroatoms. The molecule has 8 nitrogen and oxygen atoms in total. The maximum atomic E-state index is 12.6. The number of nitrogens with one attached hydrogen (secondary N) is 1. The van der Waals surface area contributed by atoms with E-state index in [2.05, 4.69) is 65.4 Å². The van der Waals surface area contributed by atoms with Crippen LogP contribution in [-0.4, -0.2) is 36.3 Å². The second-order valence-electron chi connectivity index (χ2n) is 9.03. The first kappa shape index (κ1) is 22.6. The van der Waals surface area contributed by atoms with Crippen molar-refractivity contribution in [2.75, 3.05) is 0 Å². The van der Waals surface area contributed by atoms with Crippen molar-refractivity contribution in [1.29, 1.82) is 0 Å². The van der Waals surface area contributed by atoms with Gasteiger partial charge >= 0.3 is 5.97 Å². The molecule has 3 aromatic rings. The van der Waals surface area contributed by atoms with Crippen LogP contribution >= 0.6 is 0 Å². The van der Waals surface area contributed by atoms with Crippen LogP contribution in [0.15, 0.2) is 41.2 Å². The Hall–Kier alpha value is -3.55. The summed E-state index contributed by atoms with van der Waals surface area (Å²) in [5.74, 6) is 0.265. The molecule has 2 N–H and O–H groups in total. The predicted molar refractivity (Wildman–Crippen MR) is 125 cm³/mol. The highest BCUT2D eigenvalue weighted by Crippen LogP contribution is 2.38. The maximum Gasteiger partial charge on any atom is 0.327 e. The molecular formula is C25H29N5O3. The number of carbonyl (C=O) groups is 1. The SMILES string of the molecule is Cc1cc(/C(=C\C(C)C)c2ccc(C3CC3)c(=O)[nH]2)ccc1CCc1nnn(CC(=O)O)n1. The molecule has 1 aliphatic rings. The van der Waals surface area contributed by atoms with Crippen molar-refractivity contribution in [3.63, 3.8) is 0 Å². The number of allylic oxidation sites excluding steroid dienone is 1. The fourth-order valence-corrected chi connectivity index (χ4v) is 3.99. The van der Waals surface area contributed by atoms with Gasteiger partial charge in [-0.25, -0.2) is 0 Å². The first-order valence-electron chi connectivity index (χ1n) is 11.3. The molecule has 1 aliphatic carbocycles. The molecule has 0 bridgehead atoms. The van der Waals surface area contributed by atoms with Gasteiger partial charge in [-0.3, -0.25) is 9.59 Å². The Kier molecular flexibility index (Phi) is 6.53. The molecule has 0 radical (unpaired) electrons. The molecule has 172 valence electrons. The Balaban J connectivity index is 1.54. The lowest BCUT2D eigenvalue weighted by Gasteiger charge is -2.14. The molecule has 1 saturated carbocycles. The average molecular weight is 448 g/mol. The normalized spacial score (nSPS) is 14.1. The molecule has 0 aliphatic heterocycles. The zero-order valence-corrected chi connectivity index (χ0v) is 19.2. The summed E-state index contributed by atoms with van der Waals surface area (Å²) in [6.07, 6.45) is 5.68. The van der Waals surface area contributed by atoms with Gasteiger partial charge in [0.2, 0.25) is 0 Å². The Morgan fingerprint density at radius 1 is 1.24 bits per heavy atom. The number of benzene rings is 1. The van der Waals surface area contributed by atoms with E-state index in [4.69, 9.17) is 5.11 Å². The van der Waals surface area contributed by atoms with Gasteiger partial charge in [-0.2, -0.15) is 4.80 Å². The number of aromatic amines is 1. The van der Waals surface area contributed by atoms with Gasteiger partial charge in [0.1, 0.15) is 0 Å². The van der Waals surface area contributed by atoms with Crippen molar-refractivity contribution < 1.29 is 9.90 Å². The molecule has 2 aromatic heterocycles. The minimum absolute atomic E-state index is 0.0152. The number of nitrogens with zero attached hydrogens (tertiary/aromatic N) is 4. The van der Waals surface area contributed by atoms with Crippen molar-refractivity contribution in [2.24, 2.45) is 5.92 Å². The minimum Gasteiger partial charge on any atom is -0.480 e. The molecule has 4 rings (SSSR count). The Morgan fingerprint density at radius 2 is 2.03 bits per heavy atom. The highest BCUT2D eigenvalue weighted by atomic mass is 16.4. The van der Waals surface area contributed by atoms with Crippen LogP contribution in [0.5, 0.6) is 0 Å². The van der Waals surface area contributed by atoms with Gasteiger partial charge in [0.25, 0.3) is 5.56 Å². The highest BCUT2D eigenvalue weighted by molar-refractivity contribution is 5.78. The third kappa shape index (κ3) is 5.63. The fourth-order valence-electron chi connectivity index (χ4n) is 3.99. The maximum absolute atomic E-state index is 12.6. The Morgan fingerprint density at radius 3 is 2.67 bits per heavy atom. The number of aromatic nitrogens is 5. The van der Waals surface area contributed by atoms with Crippen LogP contribution in [0.2, 0.25) is 0 Å². The van der Waals surface area contributed by atoms with Crippen molar-refractivity contribution in [1.82, 2.24) is 25.2 Å². The zero-order chi connectivity index (χ0) is 23.5. The van der Waals surface area contributed by atoms with E-state index in [9.17, 15) is 9.59 Å². The van der Waals surface area contributed by atoms with Crippen molar-refractivity contribution in [2.45, 2.75) is 58.9 Å². The summed E-state index contributed by atoms with van der Waals surface area (Å²) >= 11 is 0. The lowest BCUT2D eigenvalue weighted by Crippen LogP contribution is -2.13. The molecular weight excluding hydrogens is 418 g/mol. The number of carboxylic acid groups (broad SMARTS) is 1. The van der Waals surface area contributed by atoms with Crippen LogP contribution in [0.1, 0.15) is 66.4 Å². The zero-order valence-electron chi connectivity index (χ0n) is 19.2. The Labute approximate surface area is 192 Å².